The number of carbonyl (C=O) groups is 1. The van der Waals surface area contributed by atoms with Crippen LogP contribution in [-0.4, -0.2) is 21.0 Å². The number of aromatic amines is 1. The van der Waals surface area contributed by atoms with Crippen LogP contribution in [0.25, 0.3) is 22.2 Å². The lowest BCUT2D eigenvalue weighted by Crippen LogP contribution is -2.29. The summed E-state index contributed by atoms with van der Waals surface area (Å²) in [6.45, 7) is 1.92. The summed E-state index contributed by atoms with van der Waals surface area (Å²) in [5, 5.41) is 14.6. The number of nitrogens with zero attached hydrogens (tertiary/aromatic N) is 1. The molecule has 0 fully saturated rings. The van der Waals surface area contributed by atoms with Gasteiger partial charge in [-0.1, -0.05) is 55.5 Å². The Labute approximate surface area is 173 Å². The molecule has 0 saturated heterocycles. The summed E-state index contributed by atoms with van der Waals surface area (Å²) in [7, 11) is 0. The highest BCUT2D eigenvalue weighted by molar-refractivity contribution is 6.10. The number of benzene rings is 2. The fraction of sp³-hybridized carbons (Fsp3) is 0.125. The second-order valence-corrected chi connectivity index (χ2v) is 6.99. The fourth-order valence-corrected chi connectivity index (χ4v) is 3.56. The van der Waals surface area contributed by atoms with Crippen LogP contribution in [0.15, 0.2) is 77.7 Å². The zero-order chi connectivity index (χ0) is 21.1. The lowest BCUT2D eigenvalue weighted by atomic mass is 10.0. The Bertz CT molecular complexity index is 1270. The maximum Gasteiger partial charge on any atom is 0.256 e. The molecule has 4 aromatic rings. The average Bonchev–Trinajstić information content (AvgIpc) is 2.77. The van der Waals surface area contributed by atoms with Gasteiger partial charge in [-0.15, -0.1) is 0 Å². The standard InChI is InChI=1S/C24H21N3O3/c1-2-18(16-12-13-25-20(28)14-16)27-24(30)21-17-10-6-7-11-19(17)26-22(23(21)29)15-8-4-3-5-9-15/h3-14,18,29H,2H2,1H3,(H,25,28)(H,27,30). The molecule has 2 aromatic heterocycles. The predicted molar refractivity (Wildman–Crippen MR) is 116 cm³/mol. The van der Waals surface area contributed by atoms with Crippen molar-refractivity contribution in [2.75, 3.05) is 0 Å². The van der Waals surface area contributed by atoms with Crippen molar-refractivity contribution < 1.29 is 9.90 Å². The van der Waals surface area contributed by atoms with E-state index in [2.05, 4.69) is 15.3 Å². The summed E-state index contributed by atoms with van der Waals surface area (Å²) < 4.78 is 0. The van der Waals surface area contributed by atoms with Gasteiger partial charge in [0.2, 0.25) is 5.56 Å². The monoisotopic (exact) mass is 399 g/mol. The summed E-state index contributed by atoms with van der Waals surface area (Å²) >= 11 is 0. The van der Waals surface area contributed by atoms with Gasteiger partial charge in [0.25, 0.3) is 5.91 Å². The zero-order valence-electron chi connectivity index (χ0n) is 16.4. The van der Waals surface area contributed by atoms with Gasteiger partial charge in [-0.05, 0) is 24.1 Å². The molecule has 2 heterocycles. The van der Waals surface area contributed by atoms with Gasteiger partial charge in [-0.3, -0.25) is 9.59 Å². The number of H-pyrrole nitrogens is 1. The van der Waals surface area contributed by atoms with Gasteiger partial charge in [0.15, 0.2) is 5.75 Å². The molecule has 0 aliphatic carbocycles. The van der Waals surface area contributed by atoms with Gasteiger partial charge in [-0.25, -0.2) is 4.98 Å². The van der Waals surface area contributed by atoms with Crippen molar-refractivity contribution in [3.8, 4) is 17.0 Å². The largest absolute Gasteiger partial charge is 0.505 e. The Morgan fingerprint density at radius 1 is 1.10 bits per heavy atom. The molecule has 1 unspecified atom stereocenters. The molecule has 3 N–H and O–H groups in total. The summed E-state index contributed by atoms with van der Waals surface area (Å²) in [5.74, 6) is -0.589. The number of amides is 1. The number of hydrogen-bond donors (Lipinski definition) is 3. The molecule has 0 bridgehead atoms. The number of para-hydroxylation sites is 1. The minimum atomic E-state index is -0.421. The minimum Gasteiger partial charge on any atom is -0.505 e. The number of aromatic nitrogens is 2. The Morgan fingerprint density at radius 3 is 2.57 bits per heavy atom. The number of nitrogens with one attached hydrogen (secondary N) is 2. The van der Waals surface area contributed by atoms with E-state index in [1.54, 1.807) is 24.4 Å². The van der Waals surface area contributed by atoms with Gasteiger partial charge in [0.1, 0.15) is 5.69 Å². The van der Waals surface area contributed by atoms with E-state index in [0.717, 1.165) is 5.56 Å². The Morgan fingerprint density at radius 2 is 1.83 bits per heavy atom. The van der Waals surface area contributed by atoms with Crippen LogP contribution in [0.2, 0.25) is 0 Å². The topological polar surface area (TPSA) is 95.1 Å². The molecule has 6 nitrogen and oxygen atoms in total. The Balaban J connectivity index is 1.82. The van der Waals surface area contributed by atoms with Crippen LogP contribution in [0.1, 0.15) is 35.3 Å². The van der Waals surface area contributed by atoms with Crippen LogP contribution in [0.5, 0.6) is 5.75 Å². The van der Waals surface area contributed by atoms with Crippen LogP contribution in [-0.2, 0) is 0 Å². The lowest BCUT2D eigenvalue weighted by Gasteiger charge is -2.19. The second kappa shape index (κ2) is 8.21. The second-order valence-electron chi connectivity index (χ2n) is 6.99. The quantitative estimate of drug-likeness (QED) is 0.469. The number of aromatic hydroxyl groups is 1. The molecule has 0 radical (unpaired) electrons. The van der Waals surface area contributed by atoms with Crippen molar-refractivity contribution in [1.29, 1.82) is 0 Å². The minimum absolute atomic E-state index is 0.168. The van der Waals surface area contributed by atoms with Crippen molar-refractivity contribution in [1.82, 2.24) is 15.3 Å². The van der Waals surface area contributed by atoms with E-state index in [1.807, 2.05) is 49.4 Å². The molecule has 0 aliphatic rings. The molecular formula is C24H21N3O3. The highest BCUT2D eigenvalue weighted by atomic mass is 16.3. The number of pyridine rings is 2. The molecule has 30 heavy (non-hydrogen) atoms. The van der Waals surface area contributed by atoms with Crippen molar-refractivity contribution in [3.63, 3.8) is 0 Å². The molecule has 0 saturated carbocycles. The Kier molecular flexibility index (Phi) is 5.30. The highest BCUT2D eigenvalue weighted by Gasteiger charge is 2.23. The van der Waals surface area contributed by atoms with Crippen LogP contribution in [0, 0.1) is 0 Å². The van der Waals surface area contributed by atoms with Gasteiger partial charge in [0.05, 0.1) is 17.1 Å². The third-order valence-electron chi connectivity index (χ3n) is 5.06. The van der Waals surface area contributed by atoms with E-state index in [0.29, 0.717) is 28.6 Å². The molecule has 6 heteroatoms. The van der Waals surface area contributed by atoms with Crippen molar-refractivity contribution in [2.24, 2.45) is 0 Å². The van der Waals surface area contributed by atoms with Gasteiger partial charge in [0, 0.05) is 23.2 Å². The first-order valence-electron chi connectivity index (χ1n) is 9.75. The average molecular weight is 399 g/mol. The number of fused-ring (bicyclic) bond motifs is 1. The highest BCUT2D eigenvalue weighted by Crippen LogP contribution is 2.35. The third kappa shape index (κ3) is 3.67. The molecular weight excluding hydrogens is 378 g/mol. The SMILES string of the molecule is CCC(NC(=O)c1c(O)c(-c2ccccc2)nc2ccccc12)c1cc[nH]c(=O)c1. The van der Waals surface area contributed by atoms with Crippen molar-refractivity contribution in [3.05, 3.63) is 94.4 Å². The van der Waals surface area contributed by atoms with Crippen LogP contribution in [0.4, 0.5) is 0 Å². The summed E-state index contributed by atoms with van der Waals surface area (Å²) in [6.07, 6.45) is 2.14. The first-order chi connectivity index (χ1) is 14.6. The summed E-state index contributed by atoms with van der Waals surface area (Å²) in [5.41, 5.74) is 2.32. The van der Waals surface area contributed by atoms with E-state index in [9.17, 15) is 14.7 Å². The fourth-order valence-electron chi connectivity index (χ4n) is 3.56. The first kappa shape index (κ1) is 19.4. The molecule has 1 atom stereocenters. The van der Waals surface area contributed by atoms with Crippen LogP contribution < -0.4 is 10.9 Å². The normalized spacial score (nSPS) is 11.9. The molecule has 4 rings (SSSR count). The van der Waals surface area contributed by atoms with Gasteiger partial charge >= 0.3 is 0 Å². The lowest BCUT2D eigenvalue weighted by molar-refractivity contribution is 0.0934. The third-order valence-corrected chi connectivity index (χ3v) is 5.06. The molecule has 1 amide bonds. The van der Waals surface area contributed by atoms with E-state index in [-0.39, 0.29) is 22.9 Å². The first-order valence-corrected chi connectivity index (χ1v) is 9.75. The van der Waals surface area contributed by atoms with Crippen LogP contribution in [0.3, 0.4) is 0 Å². The van der Waals surface area contributed by atoms with Gasteiger partial charge in [-0.2, -0.15) is 0 Å². The van der Waals surface area contributed by atoms with Crippen molar-refractivity contribution in [2.45, 2.75) is 19.4 Å². The predicted octanol–water partition coefficient (Wildman–Crippen LogP) is 4.18. The number of carbonyl (C=O) groups excluding carboxylic acids is 1. The summed E-state index contributed by atoms with van der Waals surface area (Å²) in [6, 6.07) is 19.3. The molecule has 2 aromatic carbocycles. The number of rotatable bonds is 5. The molecule has 150 valence electrons. The van der Waals surface area contributed by atoms with E-state index >= 15 is 0 Å². The Hall–Kier alpha value is -3.93. The van der Waals surface area contributed by atoms with Crippen LogP contribution >= 0.6 is 0 Å². The van der Waals surface area contributed by atoms with E-state index in [4.69, 9.17) is 0 Å². The maximum atomic E-state index is 13.3. The summed E-state index contributed by atoms with van der Waals surface area (Å²) in [4.78, 5) is 32.1. The molecule has 0 aliphatic heterocycles. The smallest absolute Gasteiger partial charge is 0.256 e. The zero-order valence-corrected chi connectivity index (χ0v) is 16.4. The molecule has 0 spiro atoms. The van der Waals surface area contributed by atoms with Gasteiger partial charge < -0.3 is 15.4 Å². The van der Waals surface area contributed by atoms with Crippen molar-refractivity contribution >= 4 is 16.8 Å². The maximum absolute atomic E-state index is 13.3. The van der Waals surface area contributed by atoms with E-state index < -0.39 is 5.91 Å². The van der Waals surface area contributed by atoms with E-state index in [1.165, 1.54) is 6.07 Å². The number of hydrogen-bond acceptors (Lipinski definition) is 4.